The van der Waals surface area contributed by atoms with E-state index in [1.54, 1.807) is 25.4 Å². The Kier molecular flexibility index (Phi) is 5.01. The summed E-state index contributed by atoms with van der Waals surface area (Å²) in [4.78, 5) is 16.9. The molecule has 28 heavy (non-hydrogen) atoms. The van der Waals surface area contributed by atoms with E-state index in [1.807, 2.05) is 53.5 Å². The zero-order valence-electron chi connectivity index (χ0n) is 15.4. The molecule has 0 saturated heterocycles. The average Bonchev–Trinajstić information content (AvgIpc) is 3.21. The zero-order valence-corrected chi connectivity index (χ0v) is 15.4. The molecule has 6 heteroatoms. The molecule has 0 aliphatic carbocycles. The van der Waals surface area contributed by atoms with Gasteiger partial charge in [-0.2, -0.15) is 5.10 Å². The highest BCUT2D eigenvalue weighted by Crippen LogP contribution is 2.35. The van der Waals surface area contributed by atoms with Gasteiger partial charge in [0, 0.05) is 12.5 Å². The zero-order chi connectivity index (χ0) is 19.3. The van der Waals surface area contributed by atoms with Crippen molar-refractivity contribution in [2.75, 3.05) is 17.4 Å². The molecule has 1 aliphatic rings. The van der Waals surface area contributed by atoms with Gasteiger partial charge in [0.15, 0.2) is 0 Å². The van der Waals surface area contributed by atoms with E-state index in [4.69, 9.17) is 4.74 Å². The normalized spacial score (nSPS) is 15.8. The van der Waals surface area contributed by atoms with E-state index in [9.17, 15) is 4.79 Å². The largest absolute Gasteiger partial charge is 0.481 e. The Hall–Kier alpha value is -3.67. The molecule has 140 valence electrons. The number of ether oxygens (including phenoxy) is 1. The van der Waals surface area contributed by atoms with Crippen molar-refractivity contribution in [1.29, 1.82) is 0 Å². The third kappa shape index (κ3) is 3.71. The molecule has 3 aromatic rings. The number of methoxy groups -OCH3 is 1. The average molecular weight is 372 g/mol. The van der Waals surface area contributed by atoms with Crippen LogP contribution in [-0.2, 0) is 4.79 Å². The van der Waals surface area contributed by atoms with E-state index in [-0.39, 0.29) is 11.9 Å². The molecule has 2 heterocycles. The molecular formula is C22H20N4O2. The van der Waals surface area contributed by atoms with Gasteiger partial charge in [0.25, 0.3) is 5.91 Å². The third-order valence-corrected chi connectivity index (χ3v) is 4.58. The molecule has 1 amide bonds. The molecule has 1 aliphatic heterocycles. The molecule has 1 atom stereocenters. The number of nitrogens with zero attached hydrogens (tertiary/aromatic N) is 3. The summed E-state index contributed by atoms with van der Waals surface area (Å²) in [5.41, 5.74) is 3.14. The first kappa shape index (κ1) is 17.7. The van der Waals surface area contributed by atoms with Crippen LogP contribution in [0.15, 0.2) is 84.1 Å². The third-order valence-electron chi connectivity index (χ3n) is 4.58. The first-order valence-corrected chi connectivity index (χ1v) is 9.02. The Balaban J connectivity index is 1.58. The van der Waals surface area contributed by atoms with Crippen LogP contribution >= 0.6 is 0 Å². The van der Waals surface area contributed by atoms with Gasteiger partial charge in [0.2, 0.25) is 5.88 Å². The second-order valence-corrected chi connectivity index (χ2v) is 6.40. The first-order chi connectivity index (χ1) is 13.7. The fourth-order valence-corrected chi connectivity index (χ4v) is 3.18. The number of benzene rings is 2. The van der Waals surface area contributed by atoms with Crippen molar-refractivity contribution >= 4 is 23.0 Å². The van der Waals surface area contributed by atoms with E-state index in [0.29, 0.717) is 23.7 Å². The summed E-state index contributed by atoms with van der Waals surface area (Å²) >= 11 is 0. The molecule has 2 aromatic carbocycles. The number of anilines is 2. The lowest BCUT2D eigenvalue weighted by molar-refractivity contribution is -0.110. The number of hydrazone groups is 1. The van der Waals surface area contributed by atoms with Crippen LogP contribution in [0, 0.1) is 0 Å². The maximum absolute atomic E-state index is 12.8. The number of carbonyl (C=O) groups is 1. The number of para-hydroxylation sites is 1. The van der Waals surface area contributed by atoms with Gasteiger partial charge < -0.3 is 10.1 Å². The summed E-state index contributed by atoms with van der Waals surface area (Å²) in [6, 6.07) is 23.4. The molecule has 1 unspecified atom stereocenters. The molecule has 1 N–H and O–H groups in total. The van der Waals surface area contributed by atoms with Crippen LogP contribution in [0.5, 0.6) is 5.88 Å². The number of aromatic nitrogens is 1. The first-order valence-electron chi connectivity index (χ1n) is 9.02. The van der Waals surface area contributed by atoms with Crippen molar-refractivity contribution in [2.45, 2.75) is 12.5 Å². The van der Waals surface area contributed by atoms with E-state index in [2.05, 4.69) is 27.5 Å². The van der Waals surface area contributed by atoms with Crippen LogP contribution in [0.25, 0.3) is 0 Å². The Morgan fingerprint density at radius 1 is 1.04 bits per heavy atom. The van der Waals surface area contributed by atoms with Crippen molar-refractivity contribution in [3.8, 4) is 5.88 Å². The fourth-order valence-electron chi connectivity index (χ4n) is 3.18. The maximum atomic E-state index is 12.8. The van der Waals surface area contributed by atoms with Gasteiger partial charge in [-0.25, -0.2) is 4.98 Å². The standard InChI is InChI=1S/C22H20N4O2/c1-28-21-13-12-17(15-23-21)24-22(27)19-14-20(16-8-4-2-5-9-16)26(25-19)18-10-6-3-7-11-18/h2-13,15,20H,14H2,1H3,(H,24,27). The van der Waals surface area contributed by atoms with Gasteiger partial charge in [-0.3, -0.25) is 9.80 Å². The Labute approximate surface area is 163 Å². The number of carbonyl (C=O) groups excluding carboxylic acids is 1. The Bertz CT molecular complexity index is 972. The fraction of sp³-hybridized carbons (Fsp3) is 0.136. The summed E-state index contributed by atoms with van der Waals surface area (Å²) in [5, 5.41) is 9.42. The number of nitrogens with one attached hydrogen (secondary N) is 1. The highest BCUT2D eigenvalue weighted by molar-refractivity contribution is 6.43. The minimum Gasteiger partial charge on any atom is -0.481 e. The summed E-state index contributed by atoms with van der Waals surface area (Å²) in [6.07, 6.45) is 2.09. The van der Waals surface area contributed by atoms with E-state index in [0.717, 1.165) is 11.3 Å². The highest BCUT2D eigenvalue weighted by atomic mass is 16.5. The molecule has 0 saturated carbocycles. The highest BCUT2D eigenvalue weighted by Gasteiger charge is 2.32. The quantitative estimate of drug-likeness (QED) is 0.734. The molecule has 0 fully saturated rings. The van der Waals surface area contributed by atoms with Gasteiger partial charge in [-0.1, -0.05) is 48.5 Å². The smallest absolute Gasteiger partial charge is 0.272 e. The predicted octanol–water partition coefficient (Wildman–Crippen LogP) is 4.04. The minimum atomic E-state index is -0.230. The van der Waals surface area contributed by atoms with E-state index < -0.39 is 0 Å². The molecule has 4 rings (SSSR count). The minimum absolute atomic E-state index is 0.0293. The molecular weight excluding hydrogens is 352 g/mol. The van der Waals surface area contributed by atoms with Crippen LogP contribution in [0.3, 0.4) is 0 Å². The monoisotopic (exact) mass is 372 g/mol. The summed E-state index contributed by atoms with van der Waals surface area (Å²) < 4.78 is 5.05. The van der Waals surface area contributed by atoms with Gasteiger partial charge in [0.05, 0.1) is 30.7 Å². The number of hydrogen-bond donors (Lipinski definition) is 1. The second kappa shape index (κ2) is 7.92. The Morgan fingerprint density at radius 3 is 2.39 bits per heavy atom. The van der Waals surface area contributed by atoms with Crippen molar-refractivity contribution in [3.63, 3.8) is 0 Å². The van der Waals surface area contributed by atoms with Gasteiger partial charge >= 0.3 is 0 Å². The van der Waals surface area contributed by atoms with Gasteiger partial charge in [0.1, 0.15) is 5.71 Å². The SMILES string of the molecule is COc1ccc(NC(=O)C2=NN(c3ccccc3)C(c3ccccc3)C2)cn1. The second-order valence-electron chi connectivity index (χ2n) is 6.40. The van der Waals surface area contributed by atoms with Crippen molar-refractivity contribution < 1.29 is 9.53 Å². The lowest BCUT2D eigenvalue weighted by Gasteiger charge is -2.23. The number of pyridine rings is 1. The van der Waals surface area contributed by atoms with E-state index in [1.165, 1.54) is 0 Å². The number of hydrogen-bond acceptors (Lipinski definition) is 5. The summed E-state index contributed by atoms with van der Waals surface area (Å²) in [6.45, 7) is 0. The summed E-state index contributed by atoms with van der Waals surface area (Å²) in [7, 11) is 1.55. The van der Waals surface area contributed by atoms with Crippen LogP contribution in [-0.4, -0.2) is 23.7 Å². The van der Waals surface area contributed by atoms with Gasteiger partial charge in [-0.15, -0.1) is 0 Å². The number of rotatable bonds is 5. The van der Waals surface area contributed by atoms with Crippen LogP contribution in [0.4, 0.5) is 11.4 Å². The van der Waals surface area contributed by atoms with Crippen LogP contribution in [0.2, 0.25) is 0 Å². The van der Waals surface area contributed by atoms with Crippen LogP contribution < -0.4 is 15.1 Å². The lowest BCUT2D eigenvalue weighted by Crippen LogP contribution is -2.22. The number of amides is 1. The summed E-state index contributed by atoms with van der Waals surface area (Å²) in [5.74, 6) is 0.266. The van der Waals surface area contributed by atoms with Crippen molar-refractivity contribution in [3.05, 3.63) is 84.6 Å². The molecule has 6 nitrogen and oxygen atoms in total. The van der Waals surface area contributed by atoms with Gasteiger partial charge in [-0.05, 0) is 23.8 Å². The lowest BCUT2D eigenvalue weighted by atomic mass is 10.0. The van der Waals surface area contributed by atoms with Crippen LogP contribution in [0.1, 0.15) is 18.0 Å². The topological polar surface area (TPSA) is 66.8 Å². The molecule has 0 spiro atoms. The van der Waals surface area contributed by atoms with E-state index >= 15 is 0 Å². The molecule has 0 radical (unpaired) electrons. The molecule has 1 aromatic heterocycles. The van der Waals surface area contributed by atoms with Crippen molar-refractivity contribution in [2.24, 2.45) is 5.10 Å². The maximum Gasteiger partial charge on any atom is 0.272 e. The predicted molar refractivity (Wildman–Crippen MR) is 110 cm³/mol. The Morgan fingerprint density at radius 2 is 1.75 bits per heavy atom. The van der Waals surface area contributed by atoms with Crippen molar-refractivity contribution in [1.82, 2.24) is 4.98 Å². The molecule has 0 bridgehead atoms.